The Morgan fingerprint density at radius 2 is 1.84 bits per heavy atom. The molecule has 2 N–H and O–H groups in total. The van der Waals surface area contributed by atoms with Crippen molar-refractivity contribution >= 4 is 30.0 Å². The van der Waals surface area contributed by atoms with E-state index >= 15 is 0 Å². The first-order chi connectivity index (χ1) is 14.5. The van der Waals surface area contributed by atoms with Gasteiger partial charge in [-0.25, -0.2) is 0 Å². The average molecular weight is 450 g/mol. The van der Waals surface area contributed by atoms with Gasteiger partial charge < -0.3 is 24.7 Å². The Labute approximate surface area is 189 Å². The maximum absolute atomic E-state index is 12.7. The highest BCUT2D eigenvalue weighted by molar-refractivity contribution is 6.11. The molecular formula is C23H32ClN3O4. The highest BCUT2D eigenvalue weighted by Gasteiger charge is 2.21. The van der Waals surface area contributed by atoms with Gasteiger partial charge in [-0.1, -0.05) is 0 Å². The van der Waals surface area contributed by atoms with Gasteiger partial charge in [0.2, 0.25) is 11.8 Å². The number of rotatable bonds is 9. The third kappa shape index (κ3) is 6.74. The molecule has 2 heterocycles. The van der Waals surface area contributed by atoms with Crippen LogP contribution in [0.2, 0.25) is 0 Å². The van der Waals surface area contributed by atoms with Crippen molar-refractivity contribution in [3.05, 3.63) is 47.7 Å². The molecule has 1 amide bonds. The van der Waals surface area contributed by atoms with Crippen LogP contribution in [0, 0.1) is 5.92 Å². The van der Waals surface area contributed by atoms with Crippen LogP contribution in [0.25, 0.3) is 0 Å². The SMILES string of the molecule is COc1ccc(C(=O)c2ccoc2NCC(=O)NCC2CCN(C(C)C)CC2)cc1.Cl. The van der Waals surface area contributed by atoms with Crippen LogP contribution < -0.4 is 15.4 Å². The lowest BCUT2D eigenvalue weighted by molar-refractivity contribution is -0.119. The Morgan fingerprint density at radius 1 is 1.16 bits per heavy atom. The summed E-state index contributed by atoms with van der Waals surface area (Å²) in [5.41, 5.74) is 0.923. The lowest BCUT2D eigenvalue weighted by atomic mass is 9.96. The van der Waals surface area contributed by atoms with Gasteiger partial charge in [0, 0.05) is 18.2 Å². The minimum absolute atomic E-state index is 0. The van der Waals surface area contributed by atoms with E-state index in [1.54, 1.807) is 37.4 Å². The van der Waals surface area contributed by atoms with Gasteiger partial charge in [-0.3, -0.25) is 9.59 Å². The van der Waals surface area contributed by atoms with Crippen LogP contribution >= 0.6 is 12.4 Å². The molecule has 0 unspecified atom stereocenters. The summed E-state index contributed by atoms with van der Waals surface area (Å²) in [5.74, 6) is 1.21. The van der Waals surface area contributed by atoms with Crippen LogP contribution in [0.15, 0.2) is 41.0 Å². The number of hydrogen-bond acceptors (Lipinski definition) is 6. The number of carbonyl (C=O) groups excluding carboxylic acids is 2. The Balaban J connectivity index is 0.00000341. The minimum atomic E-state index is -0.175. The van der Waals surface area contributed by atoms with E-state index < -0.39 is 0 Å². The topological polar surface area (TPSA) is 83.8 Å². The number of nitrogens with zero attached hydrogens (tertiary/aromatic N) is 1. The molecule has 1 saturated heterocycles. The number of likely N-dealkylation sites (tertiary alicyclic amines) is 1. The molecule has 1 aromatic carbocycles. The number of benzene rings is 1. The van der Waals surface area contributed by atoms with Gasteiger partial charge in [-0.2, -0.15) is 0 Å². The second kappa shape index (κ2) is 11.8. The molecule has 7 nitrogen and oxygen atoms in total. The number of carbonyl (C=O) groups is 2. The molecule has 0 spiro atoms. The standard InChI is InChI=1S/C23H31N3O4.ClH/c1-16(2)26-11-8-17(9-12-26)14-24-21(27)15-25-23-20(10-13-30-23)22(28)18-4-6-19(29-3)7-5-18;/h4-7,10,13,16-17,25H,8-9,11-12,14-15H2,1-3H3,(H,24,27);1H. The normalized spacial score (nSPS) is 14.7. The van der Waals surface area contributed by atoms with Crippen molar-refractivity contribution in [2.45, 2.75) is 32.7 Å². The van der Waals surface area contributed by atoms with E-state index in [4.69, 9.17) is 9.15 Å². The molecule has 0 saturated carbocycles. The number of ketones is 1. The van der Waals surface area contributed by atoms with Gasteiger partial charge >= 0.3 is 0 Å². The van der Waals surface area contributed by atoms with E-state index in [9.17, 15) is 9.59 Å². The van der Waals surface area contributed by atoms with E-state index in [1.165, 1.54) is 6.26 Å². The molecule has 2 aromatic rings. The predicted octanol–water partition coefficient (Wildman–Crippen LogP) is 3.59. The Hall–Kier alpha value is -2.51. The number of anilines is 1. The van der Waals surface area contributed by atoms with Crippen molar-refractivity contribution < 1.29 is 18.7 Å². The summed E-state index contributed by atoms with van der Waals surface area (Å²) < 4.78 is 10.5. The van der Waals surface area contributed by atoms with Crippen LogP contribution in [0.5, 0.6) is 5.75 Å². The molecule has 0 bridgehead atoms. The van der Waals surface area contributed by atoms with Crippen molar-refractivity contribution in [2.24, 2.45) is 5.92 Å². The van der Waals surface area contributed by atoms with Crippen LogP contribution in [0.3, 0.4) is 0 Å². The number of halogens is 1. The van der Waals surface area contributed by atoms with Crippen LogP contribution in [-0.4, -0.2) is 55.9 Å². The van der Waals surface area contributed by atoms with Crippen molar-refractivity contribution in [1.82, 2.24) is 10.2 Å². The molecule has 170 valence electrons. The number of hydrogen-bond donors (Lipinski definition) is 2. The van der Waals surface area contributed by atoms with Crippen molar-refractivity contribution in [2.75, 3.05) is 38.6 Å². The monoisotopic (exact) mass is 449 g/mol. The second-order valence-electron chi connectivity index (χ2n) is 7.95. The molecule has 0 aliphatic carbocycles. The summed E-state index contributed by atoms with van der Waals surface area (Å²) in [6.07, 6.45) is 3.65. The predicted molar refractivity (Wildman–Crippen MR) is 123 cm³/mol. The molecule has 1 aliphatic rings. The summed E-state index contributed by atoms with van der Waals surface area (Å²) in [4.78, 5) is 27.5. The smallest absolute Gasteiger partial charge is 0.239 e. The highest BCUT2D eigenvalue weighted by atomic mass is 35.5. The number of piperidine rings is 1. The summed E-state index contributed by atoms with van der Waals surface area (Å²) >= 11 is 0. The lowest BCUT2D eigenvalue weighted by Crippen LogP contribution is -2.42. The Morgan fingerprint density at radius 3 is 2.45 bits per heavy atom. The maximum atomic E-state index is 12.7. The van der Waals surface area contributed by atoms with Crippen molar-refractivity contribution in [3.8, 4) is 5.75 Å². The van der Waals surface area contributed by atoms with Crippen molar-refractivity contribution in [1.29, 1.82) is 0 Å². The number of amides is 1. The molecule has 1 aliphatic heterocycles. The molecule has 1 fully saturated rings. The van der Waals surface area contributed by atoms with E-state index in [1.807, 2.05) is 0 Å². The maximum Gasteiger partial charge on any atom is 0.239 e. The molecule has 3 rings (SSSR count). The summed E-state index contributed by atoms with van der Waals surface area (Å²) in [7, 11) is 1.58. The molecule has 31 heavy (non-hydrogen) atoms. The van der Waals surface area contributed by atoms with Crippen molar-refractivity contribution in [3.63, 3.8) is 0 Å². The minimum Gasteiger partial charge on any atom is -0.497 e. The molecule has 0 radical (unpaired) electrons. The quantitative estimate of drug-likeness (QED) is 0.569. The highest BCUT2D eigenvalue weighted by Crippen LogP contribution is 2.22. The number of ether oxygens (including phenoxy) is 1. The molecule has 1 aromatic heterocycles. The number of methoxy groups -OCH3 is 1. The van der Waals surface area contributed by atoms with E-state index in [0.717, 1.165) is 25.9 Å². The van der Waals surface area contributed by atoms with Gasteiger partial charge in [0.1, 0.15) is 5.75 Å². The lowest BCUT2D eigenvalue weighted by Gasteiger charge is -2.34. The second-order valence-corrected chi connectivity index (χ2v) is 7.95. The zero-order chi connectivity index (χ0) is 21.5. The largest absolute Gasteiger partial charge is 0.497 e. The van der Waals surface area contributed by atoms with Crippen LogP contribution in [0.1, 0.15) is 42.6 Å². The number of furan rings is 1. The first-order valence-corrected chi connectivity index (χ1v) is 10.5. The summed E-state index contributed by atoms with van der Waals surface area (Å²) in [5, 5.41) is 5.93. The summed E-state index contributed by atoms with van der Waals surface area (Å²) in [6, 6.07) is 9.06. The van der Waals surface area contributed by atoms with Gasteiger partial charge in [-0.05, 0) is 76.0 Å². The van der Waals surface area contributed by atoms with Gasteiger partial charge in [-0.15, -0.1) is 12.4 Å². The third-order valence-corrected chi connectivity index (χ3v) is 5.64. The van der Waals surface area contributed by atoms with E-state index in [-0.39, 0.29) is 30.6 Å². The van der Waals surface area contributed by atoms with Gasteiger partial charge in [0.25, 0.3) is 0 Å². The van der Waals surface area contributed by atoms with Gasteiger partial charge in [0.15, 0.2) is 5.78 Å². The fraction of sp³-hybridized carbons (Fsp3) is 0.478. The first-order valence-electron chi connectivity index (χ1n) is 10.5. The average Bonchev–Trinajstić information content (AvgIpc) is 3.24. The van der Waals surface area contributed by atoms with E-state index in [2.05, 4.69) is 29.4 Å². The zero-order valence-electron chi connectivity index (χ0n) is 18.3. The van der Waals surface area contributed by atoms with Crippen LogP contribution in [-0.2, 0) is 4.79 Å². The van der Waals surface area contributed by atoms with Crippen LogP contribution in [0.4, 0.5) is 5.88 Å². The number of nitrogens with one attached hydrogen (secondary N) is 2. The molecular weight excluding hydrogens is 418 g/mol. The third-order valence-electron chi connectivity index (χ3n) is 5.64. The molecule has 0 atom stereocenters. The zero-order valence-corrected chi connectivity index (χ0v) is 19.2. The first kappa shape index (κ1) is 24.8. The Kier molecular flexibility index (Phi) is 9.40. The Bertz CT molecular complexity index is 843. The molecule has 8 heteroatoms. The summed E-state index contributed by atoms with van der Waals surface area (Å²) in [6.45, 7) is 7.34. The fourth-order valence-electron chi connectivity index (χ4n) is 3.68. The van der Waals surface area contributed by atoms with Gasteiger partial charge in [0.05, 0.1) is 25.5 Å². The van der Waals surface area contributed by atoms with E-state index in [0.29, 0.717) is 41.3 Å². The fourth-order valence-corrected chi connectivity index (χ4v) is 3.68.